The zero-order valence-corrected chi connectivity index (χ0v) is 16.1. The first kappa shape index (κ1) is 17.0. The molecule has 24 heavy (non-hydrogen) atoms. The van der Waals surface area contributed by atoms with E-state index in [1.807, 2.05) is 43.3 Å². The van der Waals surface area contributed by atoms with E-state index in [-0.39, 0.29) is 0 Å². The van der Waals surface area contributed by atoms with Crippen LogP contribution >= 0.6 is 31.9 Å². The largest absolute Gasteiger partial charge is 0.493 e. The summed E-state index contributed by atoms with van der Waals surface area (Å²) in [4.78, 5) is 12.6. The standard InChI is InChI=1S/C19H14Br2O3/c1-2-23-16-10-8-13(20)11-15(16)19(22)24-17-9-7-12-5-3-4-6-14(12)18(17)21/h3-11H,2H2,1H3. The van der Waals surface area contributed by atoms with Crippen molar-refractivity contribution in [2.24, 2.45) is 0 Å². The van der Waals surface area contributed by atoms with Gasteiger partial charge in [0.25, 0.3) is 0 Å². The van der Waals surface area contributed by atoms with Gasteiger partial charge < -0.3 is 9.47 Å². The lowest BCUT2D eigenvalue weighted by Crippen LogP contribution is -2.11. The minimum atomic E-state index is -0.462. The summed E-state index contributed by atoms with van der Waals surface area (Å²) in [5.74, 6) is 0.513. The van der Waals surface area contributed by atoms with Gasteiger partial charge in [-0.15, -0.1) is 0 Å². The molecule has 0 unspecified atom stereocenters. The van der Waals surface area contributed by atoms with Crippen LogP contribution in [0.3, 0.4) is 0 Å². The van der Waals surface area contributed by atoms with Crippen LogP contribution in [-0.4, -0.2) is 12.6 Å². The zero-order chi connectivity index (χ0) is 17.1. The normalized spacial score (nSPS) is 10.6. The average Bonchev–Trinajstić information content (AvgIpc) is 2.59. The van der Waals surface area contributed by atoms with Crippen LogP contribution in [-0.2, 0) is 0 Å². The van der Waals surface area contributed by atoms with Gasteiger partial charge in [-0.3, -0.25) is 0 Å². The van der Waals surface area contributed by atoms with Crippen LogP contribution in [0.25, 0.3) is 10.8 Å². The Morgan fingerprint density at radius 3 is 2.54 bits per heavy atom. The van der Waals surface area contributed by atoms with E-state index >= 15 is 0 Å². The minimum absolute atomic E-state index is 0.381. The molecule has 0 heterocycles. The maximum Gasteiger partial charge on any atom is 0.347 e. The Morgan fingerprint density at radius 2 is 1.75 bits per heavy atom. The molecule has 0 bridgehead atoms. The smallest absolute Gasteiger partial charge is 0.347 e. The van der Waals surface area contributed by atoms with Crippen molar-refractivity contribution in [3.8, 4) is 11.5 Å². The third-order valence-corrected chi connectivity index (χ3v) is 4.80. The molecular weight excluding hydrogens is 436 g/mol. The molecule has 0 aliphatic carbocycles. The first-order chi connectivity index (χ1) is 11.6. The number of ether oxygens (including phenoxy) is 2. The molecule has 0 fully saturated rings. The van der Waals surface area contributed by atoms with Crippen LogP contribution < -0.4 is 9.47 Å². The fourth-order valence-electron chi connectivity index (χ4n) is 2.39. The van der Waals surface area contributed by atoms with Crippen molar-refractivity contribution < 1.29 is 14.3 Å². The molecule has 0 radical (unpaired) electrons. The number of hydrogen-bond donors (Lipinski definition) is 0. The van der Waals surface area contributed by atoms with Gasteiger partial charge in [0.1, 0.15) is 17.1 Å². The number of carbonyl (C=O) groups excluding carboxylic acids is 1. The molecule has 0 saturated carbocycles. The van der Waals surface area contributed by atoms with Gasteiger partial charge in [-0.05, 0) is 57.9 Å². The van der Waals surface area contributed by atoms with Crippen LogP contribution in [0.2, 0.25) is 0 Å². The molecular formula is C19H14Br2O3. The Labute approximate surface area is 156 Å². The summed E-state index contributed by atoms with van der Waals surface area (Å²) < 4.78 is 12.7. The lowest BCUT2D eigenvalue weighted by atomic mass is 10.1. The second-order valence-electron chi connectivity index (χ2n) is 5.06. The lowest BCUT2D eigenvalue weighted by Gasteiger charge is -2.12. The highest BCUT2D eigenvalue weighted by Gasteiger charge is 2.17. The van der Waals surface area contributed by atoms with E-state index in [1.165, 1.54) is 0 Å². The Balaban J connectivity index is 1.96. The van der Waals surface area contributed by atoms with Gasteiger partial charge in [-0.2, -0.15) is 0 Å². The molecule has 0 saturated heterocycles. The number of halogens is 2. The topological polar surface area (TPSA) is 35.5 Å². The predicted octanol–water partition coefficient (Wildman–Crippen LogP) is 5.98. The van der Waals surface area contributed by atoms with Crippen LogP contribution in [0, 0.1) is 0 Å². The fraction of sp³-hybridized carbons (Fsp3) is 0.105. The van der Waals surface area contributed by atoms with E-state index < -0.39 is 5.97 Å². The van der Waals surface area contributed by atoms with E-state index in [1.54, 1.807) is 18.2 Å². The van der Waals surface area contributed by atoms with Crippen molar-refractivity contribution in [1.82, 2.24) is 0 Å². The SMILES string of the molecule is CCOc1ccc(Br)cc1C(=O)Oc1ccc2ccccc2c1Br. The number of carbonyl (C=O) groups is 1. The quantitative estimate of drug-likeness (QED) is 0.363. The molecule has 122 valence electrons. The summed E-state index contributed by atoms with van der Waals surface area (Å²) in [6.45, 7) is 2.35. The highest BCUT2D eigenvalue weighted by molar-refractivity contribution is 9.11. The Morgan fingerprint density at radius 1 is 1.00 bits per heavy atom. The zero-order valence-electron chi connectivity index (χ0n) is 12.9. The molecule has 5 heteroatoms. The van der Waals surface area contributed by atoms with Crippen LogP contribution in [0.5, 0.6) is 11.5 Å². The molecule has 3 aromatic rings. The molecule has 3 nitrogen and oxygen atoms in total. The number of benzene rings is 3. The van der Waals surface area contributed by atoms with Crippen LogP contribution in [0.1, 0.15) is 17.3 Å². The summed E-state index contributed by atoms with van der Waals surface area (Å²) in [5.41, 5.74) is 0.381. The van der Waals surface area contributed by atoms with Crippen molar-refractivity contribution in [3.05, 3.63) is 69.1 Å². The highest BCUT2D eigenvalue weighted by Crippen LogP contribution is 2.34. The van der Waals surface area contributed by atoms with Crippen molar-refractivity contribution in [1.29, 1.82) is 0 Å². The molecule has 0 aliphatic rings. The van der Waals surface area contributed by atoms with Gasteiger partial charge in [0.2, 0.25) is 0 Å². The second-order valence-corrected chi connectivity index (χ2v) is 6.77. The molecule has 3 rings (SSSR count). The summed E-state index contributed by atoms with van der Waals surface area (Å²) >= 11 is 6.90. The van der Waals surface area contributed by atoms with E-state index in [2.05, 4.69) is 31.9 Å². The highest BCUT2D eigenvalue weighted by atomic mass is 79.9. The second kappa shape index (κ2) is 7.36. The first-order valence-electron chi connectivity index (χ1n) is 7.42. The van der Waals surface area contributed by atoms with Gasteiger partial charge in [0.15, 0.2) is 0 Å². The van der Waals surface area contributed by atoms with Crippen molar-refractivity contribution in [3.63, 3.8) is 0 Å². The van der Waals surface area contributed by atoms with E-state index in [0.717, 1.165) is 19.7 Å². The molecule has 0 atom stereocenters. The number of rotatable bonds is 4. The van der Waals surface area contributed by atoms with E-state index in [4.69, 9.17) is 9.47 Å². The Bertz CT molecular complexity index is 906. The minimum Gasteiger partial charge on any atom is -0.493 e. The van der Waals surface area contributed by atoms with Crippen molar-refractivity contribution in [2.75, 3.05) is 6.61 Å². The Hall–Kier alpha value is -1.85. The molecule has 0 spiro atoms. The van der Waals surface area contributed by atoms with Crippen molar-refractivity contribution >= 4 is 48.6 Å². The van der Waals surface area contributed by atoms with Gasteiger partial charge in [-0.25, -0.2) is 4.79 Å². The Kier molecular flexibility index (Phi) is 5.21. The first-order valence-corrected chi connectivity index (χ1v) is 9.00. The van der Waals surface area contributed by atoms with Gasteiger partial charge in [0.05, 0.1) is 11.1 Å². The summed E-state index contributed by atoms with van der Waals surface area (Å²) in [5, 5.41) is 2.06. The maximum absolute atomic E-state index is 12.6. The van der Waals surface area contributed by atoms with E-state index in [9.17, 15) is 4.79 Å². The van der Waals surface area contributed by atoms with Gasteiger partial charge >= 0.3 is 5.97 Å². The molecule has 3 aromatic carbocycles. The molecule has 0 N–H and O–H groups in total. The monoisotopic (exact) mass is 448 g/mol. The average molecular weight is 450 g/mol. The van der Waals surface area contributed by atoms with Gasteiger partial charge in [0, 0.05) is 4.47 Å². The fourth-order valence-corrected chi connectivity index (χ4v) is 3.33. The maximum atomic E-state index is 12.6. The summed E-state index contributed by atoms with van der Waals surface area (Å²) in [6, 6.07) is 16.9. The number of hydrogen-bond acceptors (Lipinski definition) is 3. The van der Waals surface area contributed by atoms with Crippen LogP contribution in [0.4, 0.5) is 0 Å². The van der Waals surface area contributed by atoms with Gasteiger partial charge in [-0.1, -0.05) is 46.3 Å². The third-order valence-electron chi connectivity index (χ3n) is 3.49. The summed E-state index contributed by atoms with van der Waals surface area (Å²) in [7, 11) is 0. The third kappa shape index (κ3) is 3.47. The number of fused-ring (bicyclic) bond motifs is 1. The molecule has 0 amide bonds. The molecule has 0 aromatic heterocycles. The molecule has 0 aliphatic heterocycles. The van der Waals surface area contributed by atoms with E-state index in [0.29, 0.717) is 23.7 Å². The van der Waals surface area contributed by atoms with Crippen molar-refractivity contribution in [2.45, 2.75) is 6.92 Å². The van der Waals surface area contributed by atoms with Crippen LogP contribution in [0.15, 0.2) is 63.5 Å². The predicted molar refractivity (Wildman–Crippen MR) is 102 cm³/mol. The number of esters is 1. The lowest BCUT2D eigenvalue weighted by molar-refractivity contribution is 0.0729. The summed E-state index contributed by atoms with van der Waals surface area (Å²) in [6.07, 6.45) is 0.